The summed E-state index contributed by atoms with van der Waals surface area (Å²) in [5, 5.41) is 0. The van der Waals surface area contributed by atoms with Gasteiger partial charge in [0.05, 0.1) is 5.92 Å². The van der Waals surface area contributed by atoms with Crippen LogP contribution in [0.15, 0.2) is 24.3 Å². The average molecular weight is 383 g/mol. The van der Waals surface area contributed by atoms with Gasteiger partial charge in [-0.05, 0) is 56.4 Å². The summed E-state index contributed by atoms with van der Waals surface area (Å²) in [4.78, 5) is 50.4. The zero-order valence-electron chi connectivity index (χ0n) is 15.9. The molecule has 2 saturated carbocycles. The minimum atomic E-state index is -0.364. The standard InChI is InChI=1S/C22H25NO5/c24-19(14-6-8-18(9-7-14)23-10-2-5-20(23)25)13-28-22(27)17-11-15-3-1-4-16(12-17)21(15)26/h6-9,15-17H,1-5,10-13H2/t15-,16+,17?. The first kappa shape index (κ1) is 18.8. The van der Waals surface area contributed by atoms with E-state index in [2.05, 4.69) is 0 Å². The summed E-state index contributed by atoms with van der Waals surface area (Å²) in [6.07, 6.45) is 5.31. The largest absolute Gasteiger partial charge is 0.457 e. The van der Waals surface area contributed by atoms with Gasteiger partial charge in [0.15, 0.2) is 12.4 Å². The van der Waals surface area contributed by atoms with E-state index in [1.807, 2.05) is 0 Å². The molecule has 1 unspecified atom stereocenters. The minimum Gasteiger partial charge on any atom is -0.457 e. The lowest BCUT2D eigenvalue weighted by molar-refractivity contribution is -0.152. The maximum Gasteiger partial charge on any atom is 0.309 e. The molecule has 3 aliphatic rings. The number of hydrogen-bond donors (Lipinski definition) is 0. The Kier molecular flexibility index (Phi) is 5.29. The van der Waals surface area contributed by atoms with Crippen molar-refractivity contribution in [3.63, 3.8) is 0 Å². The molecule has 0 radical (unpaired) electrons. The molecule has 6 nitrogen and oxygen atoms in total. The van der Waals surface area contributed by atoms with Crippen molar-refractivity contribution in [3.05, 3.63) is 29.8 Å². The molecule has 2 aliphatic carbocycles. The van der Waals surface area contributed by atoms with Crippen LogP contribution in [0.2, 0.25) is 0 Å². The third-order valence-electron chi connectivity index (χ3n) is 6.30. The molecule has 2 bridgehead atoms. The smallest absolute Gasteiger partial charge is 0.309 e. The number of esters is 1. The number of nitrogens with zero attached hydrogens (tertiary/aromatic N) is 1. The van der Waals surface area contributed by atoms with Crippen LogP contribution in [0.25, 0.3) is 0 Å². The van der Waals surface area contributed by atoms with Crippen LogP contribution in [0.3, 0.4) is 0 Å². The summed E-state index contributed by atoms with van der Waals surface area (Å²) in [5.74, 6) is -0.518. The lowest BCUT2D eigenvalue weighted by atomic mass is 9.67. The van der Waals surface area contributed by atoms with Crippen LogP contribution in [-0.4, -0.2) is 36.6 Å². The highest BCUT2D eigenvalue weighted by Gasteiger charge is 2.41. The highest BCUT2D eigenvalue weighted by atomic mass is 16.5. The SMILES string of the molecule is O=C(COC(=O)C1C[C@H]2CCC[C@@H](C1)C2=O)c1ccc(N2CCCC2=O)cc1. The predicted molar refractivity (Wildman–Crippen MR) is 102 cm³/mol. The quantitative estimate of drug-likeness (QED) is 0.577. The second-order valence-corrected chi connectivity index (χ2v) is 8.12. The zero-order valence-corrected chi connectivity index (χ0v) is 15.9. The van der Waals surface area contributed by atoms with Crippen LogP contribution in [-0.2, 0) is 19.1 Å². The number of Topliss-reactive ketones (excluding diaryl/α,β-unsaturated/α-hetero) is 2. The second kappa shape index (κ2) is 7.86. The Morgan fingerprint density at radius 3 is 2.29 bits per heavy atom. The van der Waals surface area contributed by atoms with Gasteiger partial charge < -0.3 is 9.64 Å². The van der Waals surface area contributed by atoms with E-state index < -0.39 is 0 Å². The van der Waals surface area contributed by atoms with Crippen LogP contribution in [0.4, 0.5) is 5.69 Å². The molecule has 3 atom stereocenters. The van der Waals surface area contributed by atoms with E-state index in [-0.39, 0.29) is 42.0 Å². The number of fused-ring (bicyclic) bond motifs is 2. The molecule has 1 heterocycles. The number of rotatable bonds is 5. The third-order valence-corrected chi connectivity index (χ3v) is 6.30. The number of anilines is 1. The Labute approximate surface area is 164 Å². The van der Waals surface area contributed by atoms with Crippen LogP contribution in [0.1, 0.15) is 55.3 Å². The molecule has 148 valence electrons. The van der Waals surface area contributed by atoms with Crippen molar-refractivity contribution in [2.24, 2.45) is 17.8 Å². The Bertz CT molecular complexity index is 784. The number of benzene rings is 1. The third kappa shape index (κ3) is 3.73. The van der Waals surface area contributed by atoms with Crippen molar-refractivity contribution in [2.45, 2.75) is 44.9 Å². The molecule has 4 rings (SSSR count). The lowest BCUT2D eigenvalue weighted by Crippen LogP contribution is -2.39. The molecule has 1 saturated heterocycles. The summed E-state index contributed by atoms with van der Waals surface area (Å²) >= 11 is 0. The van der Waals surface area contributed by atoms with Gasteiger partial charge in [-0.1, -0.05) is 6.42 Å². The Hall–Kier alpha value is -2.50. The number of ether oxygens (including phenoxy) is 1. The number of ketones is 2. The molecule has 28 heavy (non-hydrogen) atoms. The molecular formula is C22H25NO5. The summed E-state index contributed by atoms with van der Waals surface area (Å²) in [6.45, 7) is 0.413. The summed E-state index contributed by atoms with van der Waals surface area (Å²) in [7, 11) is 0. The molecule has 1 aromatic rings. The van der Waals surface area contributed by atoms with Gasteiger partial charge in [0.25, 0.3) is 0 Å². The van der Waals surface area contributed by atoms with Crippen molar-refractivity contribution in [2.75, 3.05) is 18.1 Å². The Morgan fingerprint density at radius 2 is 1.68 bits per heavy atom. The lowest BCUT2D eigenvalue weighted by Gasteiger charge is -2.36. The fourth-order valence-electron chi connectivity index (χ4n) is 4.76. The van der Waals surface area contributed by atoms with Gasteiger partial charge >= 0.3 is 5.97 Å². The Morgan fingerprint density at radius 1 is 1.00 bits per heavy atom. The van der Waals surface area contributed by atoms with Crippen LogP contribution >= 0.6 is 0 Å². The average Bonchev–Trinajstić information content (AvgIpc) is 3.11. The fraction of sp³-hybridized carbons (Fsp3) is 0.545. The highest BCUT2D eigenvalue weighted by molar-refractivity contribution is 5.99. The summed E-state index contributed by atoms with van der Waals surface area (Å²) in [5.41, 5.74) is 1.24. The second-order valence-electron chi connectivity index (χ2n) is 8.12. The molecule has 0 spiro atoms. The number of amides is 1. The maximum atomic E-state index is 12.4. The Balaban J connectivity index is 1.31. The molecular weight excluding hydrogens is 358 g/mol. The fourth-order valence-corrected chi connectivity index (χ4v) is 4.76. The summed E-state index contributed by atoms with van der Waals surface area (Å²) < 4.78 is 5.28. The van der Waals surface area contributed by atoms with Gasteiger partial charge in [-0.15, -0.1) is 0 Å². The zero-order chi connectivity index (χ0) is 19.7. The monoisotopic (exact) mass is 383 g/mol. The van der Waals surface area contributed by atoms with Gasteiger partial charge in [-0.25, -0.2) is 0 Å². The van der Waals surface area contributed by atoms with Crippen molar-refractivity contribution in [1.29, 1.82) is 0 Å². The molecule has 6 heteroatoms. The van der Waals surface area contributed by atoms with Gasteiger partial charge in [0.1, 0.15) is 5.78 Å². The first-order valence-electron chi connectivity index (χ1n) is 10.2. The van der Waals surface area contributed by atoms with E-state index in [4.69, 9.17) is 4.74 Å². The first-order valence-corrected chi connectivity index (χ1v) is 10.2. The highest BCUT2D eigenvalue weighted by Crippen LogP contribution is 2.40. The predicted octanol–water partition coefficient (Wildman–Crippen LogP) is 2.93. The number of carbonyl (C=O) groups excluding carboxylic acids is 4. The minimum absolute atomic E-state index is 0.0124. The van der Waals surface area contributed by atoms with Crippen molar-refractivity contribution in [3.8, 4) is 0 Å². The van der Waals surface area contributed by atoms with E-state index in [0.717, 1.165) is 31.4 Å². The topological polar surface area (TPSA) is 80.8 Å². The normalized spacial score (nSPS) is 27.0. The molecule has 1 aliphatic heterocycles. The molecule has 3 fully saturated rings. The van der Waals surface area contributed by atoms with Gasteiger partial charge in [-0.3, -0.25) is 19.2 Å². The molecule has 0 aromatic heterocycles. The van der Waals surface area contributed by atoms with E-state index in [1.165, 1.54) is 0 Å². The number of carbonyl (C=O) groups is 4. The van der Waals surface area contributed by atoms with Gasteiger partial charge in [0.2, 0.25) is 5.91 Å². The number of hydrogen-bond acceptors (Lipinski definition) is 5. The molecule has 1 aromatic carbocycles. The van der Waals surface area contributed by atoms with E-state index in [9.17, 15) is 19.2 Å². The van der Waals surface area contributed by atoms with E-state index >= 15 is 0 Å². The van der Waals surface area contributed by atoms with Crippen molar-refractivity contribution < 1.29 is 23.9 Å². The van der Waals surface area contributed by atoms with Crippen LogP contribution < -0.4 is 4.90 Å². The van der Waals surface area contributed by atoms with E-state index in [1.54, 1.807) is 29.2 Å². The summed E-state index contributed by atoms with van der Waals surface area (Å²) in [6, 6.07) is 6.85. The van der Waals surface area contributed by atoms with Crippen LogP contribution in [0, 0.1) is 17.8 Å². The molecule has 0 N–H and O–H groups in total. The van der Waals surface area contributed by atoms with Gasteiger partial charge in [0, 0.05) is 36.1 Å². The van der Waals surface area contributed by atoms with E-state index in [0.29, 0.717) is 37.2 Å². The molecule has 1 amide bonds. The maximum absolute atomic E-state index is 12.4. The van der Waals surface area contributed by atoms with Crippen LogP contribution in [0.5, 0.6) is 0 Å². The van der Waals surface area contributed by atoms with Gasteiger partial charge in [-0.2, -0.15) is 0 Å². The van der Waals surface area contributed by atoms with Crippen molar-refractivity contribution >= 4 is 29.1 Å². The van der Waals surface area contributed by atoms with Crippen molar-refractivity contribution in [1.82, 2.24) is 0 Å². The first-order chi connectivity index (χ1) is 13.5.